The van der Waals surface area contributed by atoms with Gasteiger partial charge in [0.1, 0.15) is 0 Å². The normalized spacial score (nSPS) is 10.9. The van der Waals surface area contributed by atoms with Crippen molar-refractivity contribution in [3.8, 4) is 0 Å². The van der Waals surface area contributed by atoms with E-state index in [9.17, 15) is 0 Å². The van der Waals surface area contributed by atoms with Gasteiger partial charge in [-0.3, -0.25) is 4.98 Å². The van der Waals surface area contributed by atoms with E-state index >= 15 is 0 Å². The summed E-state index contributed by atoms with van der Waals surface area (Å²) in [4.78, 5) is 6.88. The minimum atomic E-state index is 0.749. The first-order valence-electron chi connectivity index (χ1n) is 6.53. The lowest BCUT2D eigenvalue weighted by Gasteiger charge is -2.09. The molecule has 0 bridgehead atoms. The van der Waals surface area contributed by atoms with E-state index in [4.69, 9.17) is 5.73 Å². The van der Waals surface area contributed by atoms with Crippen LogP contribution in [0.15, 0.2) is 58.5 Å². The predicted octanol–water partition coefficient (Wildman–Crippen LogP) is 4.59. The first-order chi connectivity index (χ1) is 9.63. The fourth-order valence-electron chi connectivity index (χ4n) is 2.26. The average Bonchev–Trinajstić information content (AvgIpc) is 2.41. The number of benzene rings is 2. The molecule has 0 unspecified atom stereocenters. The van der Waals surface area contributed by atoms with Crippen molar-refractivity contribution in [2.45, 2.75) is 23.6 Å². The van der Waals surface area contributed by atoms with Crippen LogP contribution in [0.5, 0.6) is 0 Å². The summed E-state index contributed by atoms with van der Waals surface area (Å²) < 4.78 is 0. The number of nitrogens with zero attached hydrogens (tertiary/aromatic N) is 1. The van der Waals surface area contributed by atoms with Gasteiger partial charge in [-0.2, -0.15) is 0 Å². The summed E-state index contributed by atoms with van der Waals surface area (Å²) in [6.45, 7) is 4.27. The van der Waals surface area contributed by atoms with Crippen molar-refractivity contribution in [3.63, 3.8) is 0 Å². The zero-order chi connectivity index (χ0) is 14.1. The van der Waals surface area contributed by atoms with Crippen molar-refractivity contribution in [1.82, 2.24) is 4.98 Å². The van der Waals surface area contributed by atoms with Crippen LogP contribution in [0.1, 0.15) is 11.1 Å². The molecule has 1 aromatic heterocycles. The number of hydrogen-bond acceptors (Lipinski definition) is 3. The highest BCUT2D eigenvalue weighted by Gasteiger charge is 2.06. The molecule has 0 radical (unpaired) electrons. The minimum absolute atomic E-state index is 0.749. The highest BCUT2D eigenvalue weighted by atomic mass is 32.2. The molecule has 2 N–H and O–H groups in total. The fourth-order valence-corrected chi connectivity index (χ4v) is 3.26. The van der Waals surface area contributed by atoms with Crippen LogP contribution < -0.4 is 5.73 Å². The van der Waals surface area contributed by atoms with E-state index in [1.165, 1.54) is 20.9 Å². The lowest BCUT2D eigenvalue weighted by molar-refractivity contribution is 1.26. The first kappa shape index (κ1) is 13.0. The highest BCUT2D eigenvalue weighted by Crippen LogP contribution is 2.35. The first-order valence-corrected chi connectivity index (χ1v) is 7.34. The second-order valence-corrected chi connectivity index (χ2v) is 6.04. The van der Waals surface area contributed by atoms with Gasteiger partial charge in [-0.25, -0.2) is 0 Å². The Labute approximate surface area is 123 Å². The molecule has 0 saturated heterocycles. The van der Waals surface area contributed by atoms with Gasteiger partial charge in [0.15, 0.2) is 0 Å². The molecule has 20 heavy (non-hydrogen) atoms. The van der Waals surface area contributed by atoms with E-state index in [1.54, 1.807) is 11.8 Å². The summed E-state index contributed by atoms with van der Waals surface area (Å²) >= 11 is 1.78. The number of aryl methyl sites for hydroxylation is 2. The van der Waals surface area contributed by atoms with Crippen molar-refractivity contribution >= 4 is 28.4 Å². The number of pyridine rings is 1. The topological polar surface area (TPSA) is 38.9 Å². The molecule has 3 aromatic rings. The van der Waals surface area contributed by atoms with Gasteiger partial charge in [0.2, 0.25) is 0 Å². The molecule has 1 heterocycles. The molecule has 0 aliphatic rings. The van der Waals surface area contributed by atoms with Crippen LogP contribution >= 0.6 is 11.8 Å². The number of rotatable bonds is 2. The smallest absolute Gasteiger partial charge is 0.0733 e. The van der Waals surface area contributed by atoms with Crippen molar-refractivity contribution < 1.29 is 0 Å². The second-order valence-electron chi connectivity index (χ2n) is 4.96. The van der Waals surface area contributed by atoms with Gasteiger partial charge in [-0.15, -0.1) is 0 Å². The molecule has 0 aliphatic heterocycles. The van der Waals surface area contributed by atoms with Crippen LogP contribution in [-0.4, -0.2) is 4.98 Å². The Morgan fingerprint density at radius 3 is 2.60 bits per heavy atom. The second kappa shape index (κ2) is 5.17. The van der Waals surface area contributed by atoms with E-state index in [0.717, 1.165) is 16.6 Å². The third-order valence-electron chi connectivity index (χ3n) is 3.28. The number of hydrogen-bond donors (Lipinski definition) is 1. The molecule has 0 fully saturated rings. The fraction of sp³-hybridized carbons (Fsp3) is 0.118. The largest absolute Gasteiger partial charge is 0.399 e. The molecule has 3 rings (SSSR count). The number of fused-ring (bicyclic) bond motifs is 1. The molecule has 0 spiro atoms. The Kier molecular flexibility index (Phi) is 3.36. The lowest BCUT2D eigenvalue weighted by atomic mass is 10.2. The van der Waals surface area contributed by atoms with E-state index in [1.807, 2.05) is 24.4 Å². The maximum atomic E-state index is 5.82. The molecule has 0 aliphatic carbocycles. The number of aromatic nitrogens is 1. The number of nitrogen functional groups attached to an aromatic ring is 1. The Balaban J connectivity index is 2.06. The summed E-state index contributed by atoms with van der Waals surface area (Å²) in [7, 11) is 0. The van der Waals surface area contributed by atoms with Crippen LogP contribution in [0.3, 0.4) is 0 Å². The van der Waals surface area contributed by atoms with Crippen LogP contribution in [-0.2, 0) is 0 Å². The highest BCUT2D eigenvalue weighted by molar-refractivity contribution is 7.99. The molecule has 0 atom stereocenters. The quantitative estimate of drug-likeness (QED) is 0.698. The van der Waals surface area contributed by atoms with Crippen LogP contribution in [0.2, 0.25) is 0 Å². The van der Waals surface area contributed by atoms with Gasteiger partial charge in [0, 0.05) is 27.1 Å². The molecular formula is C17H16N2S. The van der Waals surface area contributed by atoms with Crippen LogP contribution in [0, 0.1) is 13.8 Å². The maximum Gasteiger partial charge on any atom is 0.0733 e. The summed E-state index contributed by atoms with van der Waals surface area (Å²) in [5.74, 6) is 0. The zero-order valence-electron chi connectivity index (χ0n) is 11.6. The van der Waals surface area contributed by atoms with E-state index in [2.05, 4.69) is 43.1 Å². The van der Waals surface area contributed by atoms with Gasteiger partial charge in [-0.05, 0) is 49.7 Å². The molecule has 2 aromatic carbocycles. The third-order valence-corrected chi connectivity index (χ3v) is 4.53. The Bertz CT molecular complexity index is 781. The molecule has 2 nitrogen and oxygen atoms in total. The Hall–Kier alpha value is -2.00. The van der Waals surface area contributed by atoms with E-state index in [0.29, 0.717) is 0 Å². The van der Waals surface area contributed by atoms with Gasteiger partial charge in [0.25, 0.3) is 0 Å². The molecule has 0 amide bonds. The van der Waals surface area contributed by atoms with Crippen LogP contribution in [0.4, 0.5) is 5.69 Å². The predicted molar refractivity (Wildman–Crippen MR) is 86.2 cm³/mol. The third kappa shape index (κ3) is 2.49. The van der Waals surface area contributed by atoms with Crippen molar-refractivity contribution in [2.24, 2.45) is 0 Å². The molecular weight excluding hydrogens is 264 g/mol. The Morgan fingerprint density at radius 2 is 1.80 bits per heavy atom. The van der Waals surface area contributed by atoms with E-state index in [-0.39, 0.29) is 0 Å². The van der Waals surface area contributed by atoms with Crippen molar-refractivity contribution in [1.29, 1.82) is 0 Å². The summed E-state index contributed by atoms with van der Waals surface area (Å²) in [5, 5.41) is 1.15. The van der Waals surface area contributed by atoms with Crippen molar-refractivity contribution in [2.75, 3.05) is 5.73 Å². The van der Waals surface area contributed by atoms with Gasteiger partial charge in [0.05, 0.1) is 5.52 Å². The average molecular weight is 280 g/mol. The summed E-state index contributed by atoms with van der Waals surface area (Å²) in [5.41, 5.74) is 10.1. The lowest BCUT2D eigenvalue weighted by Crippen LogP contribution is -1.88. The van der Waals surface area contributed by atoms with Crippen molar-refractivity contribution in [3.05, 3.63) is 59.8 Å². The monoisotopic (exact) mass is 280 g/mol. The number of nitrogens with two attached hydrogens (primary N) is 1. The standard InChI is InChI=1S/C17H16N2S/c1-11-3-6-16(12(2)9-11)20-17-7-8-19-15-10-13(18)4-5-14(15)17/h3-10H,18H2,1-2H3. The van der Waals surface area contributed by atoms with Gasteiger partial charge in [-0.1, -0.05) is 29.5 Å². The molecule has 100 valence electrons. The van der Waals surface area contributed by atoms with Gasteiger partial charge < -0.3 is 5.73 Å². The minimum Gasteiger partial charge on any atom is -0.399 e. The van der Waals surface area contributed by atoms with E-state index < -0.39 is 0 Å². The zero-order valence-corrected chi connectivity index (χ0v) is 12.4. The summed E-state index contributed by atoms with van der Waals surface area (Å²) in [6, 6.07) is 14.5. The van der Waals surface area contributed by atoms with Crippen LogP contribution in [0.25, 0.3) is 10.9 Å². The SMILES string of the molecule is Cc1ccc(Sc2ccnc3cc(N)ccc23)c(C)c1. The maximum absolute atomic E-state index is 5.82. The Morgan fingerprint density at radius 1 is 0.950 bits per heavy atom. The number of anilines is 1. The molecule has 0 saturated carbocycles. The molecule has 3 heteroatoms. The summed E-state index contributed by atoms with van der Waals surface area (Å²) in [6.07, 6.45) is 1.84. The van der Waals surface area contributed by atoms with Gasteiger partial charge >= 0.3 is 0 Å².